The number of hydrogen-bond donors (Lipinski definition) is 2. The van der Waals surface area contributed by atoms with Crippen LogP contribution in [0, 0.1) is 27.7 Å². The van der Waals surface area contributed by atoms with E-state index in [4.69, 9.17) is 11.5 Å². The summed E-state index contributed by atoms with van der Waals surface area (Å²) in [6.45, 7) is 9.68. The molecule has 0 spiro atoms. The second-order valence-corrected chi connectivity index (χ2v) is 5.57. The number of halogens is 2. The minimum atomic E-state index is 0. The van der Waals surface area contributed by atoms with Crippen LogP contribution in [-0.2, 0) is 21.1 Å². The third-order valence-corrected chi connectivity index (χ3v) is 4.08. The quantitative estimate of drug-likeness (QED) is 0.309. The number of nitrogens with two attached hydrogens (primary N) is 2. The van der Waals surface area contributed by atoms with Gasteiger partial charge in [0.15, 0.2) is 0 Å². The van der Waals surface area contributed by atoms with Crippen LogP contribution in [0.5, 0.6) is 0 Å². The van der Waals surface area contributed by atoms with E-state index in [9.17, 15) is 0 Å². The van der Waals surface area contributed by atoms with E-state index in [0.29, 0.717) is 13.1 Å². The molecule has 0 aliphatic heterocycles. The van der Waals surface area contributed by atoms with Crippen LogP contribution in [0.15, 0.2) is 24.5 Å². The fourth-order valence-electron chi connectivity index (χ4n) is 2.39. The second kappa shape index (κ2) is 11.8. The zero-order chi connectivity index (χ0) is 16.3. The molecule has 0 bridgehead atoms. The summed E-state index contributed by atoms with van der Waals surface area (Å²) in [6, 6.07) is 4.34. The molecule has 0 radical (unpaired) electrons. The molecule has 0 aliphatic carbocycles. The largest absolute Gasteiger partial charge is 2.00 e. The molecule has 3 rings (SSSR count). The first-order valence-electron chi connectivity index (χ1n) is 7.52. The van der Waals surface area contributed by atoms with Crippen molar-refractivity contribution in [1.29, 1.82) is 0 Å². The Morgan fingerprint density at radius 3 is 1.32 bits per heavy atom. The molecule has 2 aromatic heterocycles. The van der Waals surface area contributed by atoms with Crippen molar-refractivity contribution in [3.05, 3.63) is 46.8 Å². The summed E-state index contributed by atoms with van der Waals surface area (Å²) >= 11 is 0. The molecular formula is C18H24Cl2N4Pt. The molecule has 0 amide bonds. The fraction of sp³-hybridized carbons (Fsp3) is 0.333. The van der Waals surface area contributed by atoms with Crippen LogP contribution in [0.1, 0.15) is 22.3 Å². The van der Waals surface area contributed by atoms with Gasteiger partial charge in [0.1, 0.15) is 0 Å². The number of aryl methyl sites for hydroxylation is 4. The summed E-state index contributed by atoms with van der Waals surface area (Å²) in [4.78, 5) is 9.16. The molecule has 0 fully saturated rings. The number of hydrogen-bond acceptors (Lipinski definition) is 4. The van der Waals surface area contributed by atoms with Gasteiger partial charge in [-0.25, -0.2) is 0 Å². The Morgan fingerprint density at radius 1 is 0.720 bits per heavy atom. The minimum Gasteiger partial charge on any atom is -1.00 e. The Morgan fingerprint density at radius 2 is 1.04 bits per heavy atom. The predicted octanol–water partition coefficient (Wildman–Crippen LogP) is -3.07. The molecule has 140 valence electrons. The van der Waals surface area contributed by atoms with Crippen molar-refractivity contribution in [2.75, 3.05) is 13.1 Å². The van der Waals surface area contributed by atoms with E-state index in [-0.39, 0.29) is 45.9 Å². The van der Waals surface area contributed by atoms with Crippen LogP contribution in [-0.4, -0.2) is 23.1 Å². The summed E-state index contributed by atoms with van der Waals surface area (Å²) in [7, 11) is 0. The van der Waals surface area contributed by atoms with Gasteiger partial charge in [0.25, 0.3) is 0 Å². The molecule has 0 unspecified atom stereocenters. The SMILES string of the molecule is Cc1cnc2c(ccc3c(C)c(C)cnc32)c1C.NCCN.[Cl-].[Cl-].[Pt+2]. The van der Waals surface area contributed by atoms with Gasteiger partial charge < -0.3 is 36.3 Å². The zero-order valence-electron chi connectivity index (χ0n) is 14.8. The molecule has 7 heteroatoms. The topological polar surface area (TPSA) is 77.8 Å². The molecule has 0 aliphatic rings. The zero-order valence-corrected chi connectivity index (χ0v) is 18.6. The third kappa shape index (κ3) is 5.60. The van der Waals surface area contributed by atoms with Crippen molar-refractivity contribution in [2.45, 2.75) is 27.7 Å². The maximum absolute atomic E-state index is 4.90. The fourth-order valence-corrected chi connectivity index (χ4v) is 2.39. The van der Waals surface area contributed by atoms with Crippen molar-refractivity contribution in [2.24, 2.45) is 11.5 Å². The first-order valence-corrected chi connectivity index (χ1v) is 7.52. The first kappa shape index (κ1) is 26.5. The van der Waals surface area contributed by atoms with Crippen molar-refractivity contribution in [3.8, 4) is 0 Å². The van der Waals surface area contributed by atoms with Gasteiger partial charge >= 0.3 is 21.1 Å². The van der Waals surface area contributed by atoms with Crippen molar-refractivity contribution in [3.63, 3.8) is 0 Å². The molecule has 0 saturated heterocycles. The molecule has 0 saturated carbocycles. The average Bonchev–Trinajstić information content (AvgIpc) is 2.54. The summed E-state index contributed by atoms with van der Waals surface area (Å²) in [5.41, 5.74) is 16.9. The van der Waals surface area contributed by atoms with E-state index in [1.54, 1.807) is 0 Å². The number of rotatable bonds is 1. The Bertz CT molecular complexity index is 756. The van der Waals surface area contributed by atoms with Crippen molar-refractivity contribution in [1.82, 2.24) is 9.97 Å². The van der Waals surface area contributed by atoms with Crippen LogP contribution in [0.2, 0.25) is 0 Å². The number of pyridine rings is 2. The van der Waals surface area contributed by atoms with Crippen LogP contribution in [0.3, 0.4) is 0 Å². The molecule has 0 atom stereocenters. The molecule has 2 heterocycles. The number of aromatic nitrogens is 2. The first-order chi connectivity index (χ1) is 10.5. The van der Waals surface area contributed by atoms with Gasteiger partial charge in [-0.1, -0.05) is 12.1 Å². The summed E-state index contributed by atoms with van der Waals surface area (Å²) in [6.07, 6.45) is 3.88. The number of nitrogens with zero attached hydrogens (tertiary/aromatic N) is 2. The molecule has 4 nitrogen and oxygen atoms in total. The Labute approximate surface area is 176 Å². The molecule has 1 aromatic carbocycles. The van der Waals surface area contributed by atoms with Gasteiger partial charge in [-0.3, -0.25) is 9.97 Å². The number of benzene rings is 1. The van der Waals surface area contributed by atoms with Gasteiger partial charge in [-0.05, 0) is 49.9 Å². The third-order valence-electron chi connectivity index (χ3n) is 4.08. The molecule has 3 aromatic rings. The van der Waals surface area contributed by atoms with Crippen LogP contribution >= 0.6 is 0 Å². The monoisotopic (exact) mass is 561 g/mol. The summed E-state index contributed by atoms with van der Waals surface area (Å²) in [5, 5.41) is 2.41. The van der Waals surface area contributed by atoms with Gasteiger partial charge in [0.05, 0.1) is 11.0 Å². The second-order valence-electron chi connectivity index (χ2n) is 5.57. The predicted molar refractivity (Wildman–Crippen MR) is 94.1 cm³/mol. The van der Waals surface area contributed by atoms with E-state index in [0.717, 1.165) is 11.0 Å². The van der Waals surface area contributed by atoms with E-state index in [1.165, 1.54) is 33.0 Å². The Kier molecular flexibility index (Phi) is 12.5. The Hall–Kier alpha value is -0.772. The van der Waals surface area contributed by atoms with E-state index < -0.39 is 0 Å². The standard InChI is InChI=1S/C16H16N2.C2H8N2.2ClH.Pt/c1-9-7-17-15-13(11(9)3)5-6-14-12(4)10(2)8-18-16(14)15;3-1-2-4;;;/h5-8H,1-4H3;1-4H2;2*1H;/q;;;;+2/p-2. The Balaban J connectivity index is 0. The average molecular weight is 562 g/mol. The van der Waals surface area contributed by atoms with Crippen LogP contribution < -0.4 is 36.3 Å². The van der Waals surface area contributed by atoms with Crippen LogP contribution in [0.25, 0.3) is 21.8 Å². The van der Waals surface area contributed by atoms with Gasteiger partial charge in [-0.15, -0.1) is 0 Å². The van der Waals surface area contributed by atoms with E-state index >= 15 is 0 Å². The van der Waals surface area contributed by atoms with Gasteiger partial charge in [0.2, 0.25) is 0 Å². The van der Waals surface area contributed by atoms with Crippen molar-refractivity contribution >= 4 is 21.8 Å². The van der Waals surface area contributed by atoms with E-state index in [2.05, 4.69) is 49.8 Å². The number of fused-ring (bicyclic) bond motifs is 3. The van der Waals surface area contributed by atoms with Crippen LogP contribution in [0.4, 0.5) is 0 Å². The summed E-state index contributed by atoms with van der Waals surface area (Å²) < 4.78 is 0. The smallest absolute Gasteiger partial charge is 1.00 e. The summed E-state index contributed by atoms with van der Waals surface area (Å²) in [5.74, 6) is 0. The maximum atomic E-state index is 4.90. The normalized spacial score (nSPS) is 9.36. The van der Waals surface area contributed by atoms with Crippen molar-refractivity contribution < 1.29 is 45.9 Å². The van der Waals surface area contributed by atoms with Gasteiger partial charge in [-0.2, -0.15) is 0 Å². The molecular weight excluding hydrogens is 538 g/mol. The maximum Gasteiger partial charge on any atom is 2.00 e. The molecule has 4 N–H and O–H groups in total. The molecule has 25 heavy (non-hydrogen) atoms. The minimum absolute atomic E-state index is 0. The van der Waals surface area contributed by atoms with Gasteiger partial charge in [0, 0.05) is 36.3 Å². The van der Waals surface area contributed by atoms with E-state index in [1.807, 2.05) is 12.4 Å².